The fraction of sp³-hybridized carbons (Fsp3) is 0.111. The molecule has 0 atom stereocenters. The predicted octanol–water partition coefficient (Wildman–Crippen LogP) is 4.17. The van der Waals surface area contributed by atoms with Crippen LogP contribution in [0.25, 0.3) is 11.3 Å². The fourth-order valence-corrected chi connectivity index (χ4v) is 2.92. The van der Waals surface area contributed by atoms with E-state index in [9.17, 15) is 0 Å². The minimum atomic E-state index is 0.358. The first-order valence-electron chi connectivity index (χ1n) is 8.08. The molecule has 0 aliphatic carbocycles. The molecule has 26 heavy (non-hydrogen) atoms. The third kappa shape index (κ3) is 3.80. The van der Waals surface area contributed by atoms with E-state index in [1.807, 2.05) is 42.5 Å². The monoisotopic (exact) mass is 410 g/mol. The molecule has 0 saturated heterocycles. The number of benzene rings is 2. The van der Waals surface area contributed by atoms with Gasteiger partial charge in [-0.25, -0.2) is 14.6 Å². The van der Waals surface area contributed by atoms with Crippen LogP contribution in [0.4, 0.5) is 17.3 Å². The van der Waals surface area contributed by atoms with Gasteiger partial charge in [0.15, 0.2) is 11.6 Å². The van der Waals surface area contributed by atoms with Gasteiger partial charge in [0, 0.05) is 16.7 Å². The molecule has 2 aromatic carbocycles. The van der Waals surface area contributed by atoms with Crippen molar-refractivity contribution >= 4 is 44.5 Å². The van der Waals surface area contributed by atoms with E-state index in [-0.39, 0.29) is 0 Å². The number of hydrogen-bond donors (Lipinski definition) is 2. The summed E-state index contributed by atoms with van der Waals surface area (Å²) in [4.78, 5) is 8.94. The molecular formula is C18H15BrN6O. The first-order valence-corrected chi connectivity index (χ1v) is 8.88. The topological polar surface area (TPSA) is 88.8 Å². The van der Waals surface area contributed by atoms with E-state index >= 15 is 0 Å². The Kier molecular flexibility index (Phi) is 4.74. The van der Waals surface area contributed by atoms with Crippen molar-refractivity contribution in [2.45, 2.75) is 6.42 Å². The van der Waals surface area contributed by atoms with Crippen LogP contribution in [0.1, 0.15) is 5.56 Å². The summed E-state index contributed by atoms with van der Waals surface area (Å²) < 4.78 is 5.70. The second-order valence-corrected chi connectivity index (χ2v) is 6.55. The molecule has 7 nitrogen and oxygen atoms in total. The first kappa shape index (κ1) is 16.5. The minimum Gasteiger partial charge on any atom is -0.367 e. The van der Waals surface area contributed by atoms with Crippen molar-refractivity contribution in [3.63, 3.8) is 0 Å². The summed E-state index contributed by atoms with van der Waals surface area (Å²) in [5.41, 5.74) is 2.86. The molecule has 0 spiro atoms. The molecule has 0 saturated carbocycles. The van der Waals surface area contributed by atoms with Gasteiger partial charge in [0.05, 0.1) is 0 Å². The highest BCUT2D eigenvalue weighted by atomic mass is 79.9. The van der Waals surface area contributed by atoms with Gasteiger partial charge in [0.1, 0.15) is 0 Å². The Hall–Kier alpha value is -3.00. The second kappa shape index (κ2) is 7.49. The number of hydrogen-bond acceptors (Lipinski definition) is 7. The third-order valence-electron chi connectivity index (χ3n) is 3.75. The van der Waals surface area contributed by atoms with Gasteiger partial charge in [-0.3, -0.25) is 0 Å². The lowest BCUT2D eigenvalue weighted by molar-refractivity contribution is 0.314. The molecule has 4 rings (SSSR count). The van der Waals surface area contributed by atoms with Gasteiger partial charge in [0.2, 0.25) is 11.3 Å². The van der Waals surface area contributed by atoms with Crippen molar-refractivity contribution in [2.24, 2.45) is 0 Å². The van der Waals surface area contributed by atoms with E-state index < -0.39 is 0 Å². The summed E-state index contributed by atoms with van der Waals surface area (Å²) >= 11 is 3.47. The van der Waals surface area contributed by atoms with E-state index in [1.54, 1.807) is 0 Å². The summed E-state index contributed by atoms with van der Waals surface area (Å²) in [7, 11) is 0. The number of nitrogens with zero attached hydrogens (tertiary/aromatic N) is 4. The average molecular weight is 411 g/mol. The van der Waals surface area contributed by atoms with E-state index in [4.69, 9.17) is 4.63 Å². The van der Waals surface area contributed by atoms with Crippen molar-refractivity contribution in [1.29, 1.82) is 0 Å². The Balaban J connectivity index is 1.57. The molecule has 4 aromatic rings. The van der Waals surface area contributed by atoms with Gasteiger partial charge in [0.25, 0.3) is 0 Å². The van der Waals surface area contributed by atoms with Crippen LogP contribution in [0, 0.1) is 0 Å². The van der Waals surface area contributed by atoms with Crippen LogP contribution < -0.4 is 10.6 Å². The molecule has 0 fully saturated rings. The van der Waals surface area contributed by atoms with Crippen LogP contribution in [0.15, 0.2) is 63.7 Å². The zero-order valence-electron chi connectivity index (χ0n) is 13.7. The third-order valence-corrected chi connectivity index (χ3v) is 4.24. The minimum absolute atomic E-state index is 0.358. The average Bonchev–Trinajstić information content (AvgIpc) is 3.10. The van der Waals surface area contributed by atoms with Crippen molar-refractivity contribution < 1.29 is 4.63 Å². The standard InChI is InChI=1S/C18H15BrN6O/c19-13-7-4-8-14(11-13)21-16-15(22-17-18(23-16)25-26-24-17)20-10-9-12-5-2-1-3-6-12/h1-8,11H,9-10H2,(H,20,22,24)(H,21,23,25). The molecule has 0 aliphatic rings. The molecule has 0 amide bonds. The van der Waals surface area contributed by atoms with Crippen LogP contribution >= 0.6 is 15.9 Å². The van der Waals surface area contributed by atoms with Crippen LogP contribution in [0.3, 0.4) is 0 Å². The Morgan fingerprint density at radius 2 is 1.65 bits per heavy atom. The van der Waals surface area contributed by atoms with Gasteiger partial charge < -0.3 is 10.6 Å². The molecular weight excluding hydrogens is 396 g/mol. The number of halogens is 1. The molecule has 0 bridgehead atoms. The lowest BCUT2D eigenvalue weighted by Gasteiger charge is -2.12. The van der Waals surface area contributed by atoms with Crippen molar-refractivity contribution in [2.75, 3.05) is 17.2 Å². The van der Waals surface area contributed by atoms with Gasteiger partial charge in [-0.2, -0.15) is 0 Å². The maximum Gasteiger partial charge on any atom is 0.245 e. The van der Waals surface area contributed by atoms with Crippen LogP contribution in [-0.2, 0) is 6.42 Å². The molecule has 2 aromatic heterocycles. The molecule has 8 heteroatoms. The van der Waals surface area contributed by atoms with Crippen LogP contribution in [0.5, 0.6) is 0 Å². The Bertz CT molecular complexity index is 1020. The normalized spacial score (nSPS) is 10.8. The highest BCUT2D eigenvalue weighted by molar-refractivity contribution is 9.10. The summed E-state index contributed by atoms with van der Waals surface area (Å²) in [6.07, 6.45) is 0.869. The first-order chi connectivity index (χ1) is 12.8. The predicted molar refractivity (Wildman–Crippen MR) is 103 cm³/mol. The maximum absolute atomic E-state index is 4.73. The largest absolute Gasteiger partial charge is 0.367 e. The molecule has 130 valence electrons. The summed E-state index contributed by atoms with van der Waals surface area (Å²) in [6.45, 7) is 0.711. The fourth-order valence-electron chi connectivity index (χ4n) is 2.52. The van der Waals surface area contributed by atoms with Gasteiger partial charge in [-0.15, -0.1) is 0 Å². The quantitative estimate of drug-likeness (QED) is 0.492. The second-order valence-electron chi connectivity index (χ2n) is 5.63. The Labute approximate surface area is 158 Å². The zero-order valence-corrected chi connectivity index (χ0v) is 15.3. The lowest BCUT2D eigenvalue weighted by Crippen LogP contribution is -2.10. The summed E-state index contributed by atoms with van der Waals surface area (Å²) in [5.74, 6) is 1.17. The maximum atomic E-state index is 4.73. The van der Waals surface area contributed by atoms with E-state index in [2.05, 4.69) is 59.0 Å². The molecule has 2 heterocycles. The zero-order chi connectivity index (χ0) is 17.8. The number of rotatable bonds is 6. The molecule has 0 aliphatic heterocycles. The van der Waals surface area contributed by atoms with Crippen molar-refractivity contribution in [3.05, 3.63) is 64.6 Å². The number of fused-ring (bicyclic) bond motifs is 1. The SMILES string of the molecule is Brc1cccc(Nc2nc3nonc3nc2NCCc2ccccc2)c1. The Morgan fingerprint density at radius 1 is 0.885 bits per heavy atom. The number of aromatic nitrogens is 4. The van der Waals surface area contributed by atoms with E-state index in [1.165, 1.54) is 5.56 Å². The van der Waals surface area contributed by atoms with Crippen LogP contribution in [0.2, 0.25) is 0 Å². The summed E-state index contributed by atoms with van der Waals surface area (Å²) in [5, 5.41) is 14.1. The van der Waals surface area contributed by atoms with Crippen molar-refractivity contribution in [1.82, 2.24) is 20.3 Å². The number of nitrogens with one attached hydrogen (secondary N) is 2. The van der Waals surface area contributed by atoms with E-state index in [0.29, 0.717) is 29.5 Å². The highest BCUT2D eigenvalue weighted by Gasteiger charge is 2.13. The van der Waals surface area contributed by atoms with Gasteiger partial charge >= 0.3 is 0 Å². The van der Waals surface area contributed by atoms with Crippen molar-refractivity contribution in [3.8, 4) is 0 Å². The molecule has 0 radical (unpaired) electrons. The van der Waals surface area contributed by atoms with Crippen LogP contribution in [-0.4, -0.2) is 26.8 Å². The van der Waals surface area contributed by atoms with Gasteiger partial charge in [-0.05, 0) is 40.5 Å². The van der Waals surface area contributed by atoms with E-state index in [0.717, 1.165) is 16.6 Å². The molecule has 2 N–H and O–H groups in total. The lowest BCUT2D eigenvalue weighted by atomic mass is 10.1. The summed E-state index contributed by atoms with van der Waals surface area (Å²) in [6, 6.07) is 18.1. The smallest absolute Gasteiger partial charge is 0.245 e. The van der Waals surface area contributed by atoms with Gasteiger partial charge in [-0.1, -0.05) is 52.3 Å². The molecule has 0 unspecified atom stereocenters. The Morgan fingerprint density at radius 3 is 2.42 bits per heavy atom. The number of anilines is 3. The highest BCUT2D eigenvalue weighted by Crippen LogP contribution is 2.25.